The molecule has 1 heterocycles. The summed E-state index contributed by atoms with van der Waals surface area (Å²) in [4.78, 5) is 24.1. The standard InChI is InChI=1S/C12H11N3O2/c1-15(12(17)4-5-13)9-2-3-10-8(6-9)7-11(16)14-10/h2-3,6H,4,7H2,1H3,(H,14,16). The largest absolute Gasteiger partial charge is 0.326 e. The predicted molar refractivity (Wildman–Crippen MR) is 62.4 cm³/mol. The SMILES string of the molecule is CN(C(=O)CC#N)c1ccc2c(c1)CC(=O)N2. The first-order chi connectivity index (χ1) is 8.11. The number of nitrogens with zero attached hydrogens (tertiary/aromatic N) is 2. The fourth-order valence-electron chi connectivity index (χ4n) is 1.75. The molecule has 0 saturated carbocycles. The molecular weight excluding hydrogens is 218 g/mol. The Morgan fingerprint density at radius 1 is 1.59 bits per heavy atom. The molecule has 0 saturated heterocycles. The monoisotopic (exact) mass is 229 g/mol. The van der Waals surface area contributed by atoms with Crippen molar-refractivity contribution in [3.8, 4) is 6.07 Å². The molecule has 0 spiro atoms. The molecule has 86 valence electrons. The molecule has 17 heavy (non-hydrogen) atoms. The van der Waals surface area contributed by atoms with Crippen molar-refractivity contribution in [3.05, 3.63) is 23.8 Å². The molecule has 0 aliphatic carbocycles. The van der Waals surface area contributed by atoms with Gasteiger partial charge in [0.25, 0.3) is 0 Å². The zero-order chi connectivity index (χ0) is 12.4. The summed E-state index contributed by atoms with van der Waals surface area (Å²) in [5.74, 6) is -0.298. The lowest BCUT2D eigenvalue weighted by Gasteiger charge is -2.16. The maximum atomic E-state index is 11.5. The van der Waals surface area contributed by atoms with E-state index < -0.39 is 0 Å². The number of anilines is 2. The molecule has 0 bridgehead atoms. The lowest BCUT2D eigenvalue weighted by molar-refractivity contribution is -0.117. The van der Waals surface area contributed by atoms with E-state index in [9.17, 15) is 9.59 Å². The van der Waals surface area contributed by atoms with E-state index in [-0.39, 0.29) is 18.2 Å². The van der Waals surface area contributed by atoms with Gasteiger partial charge >= 0.3 is 0 Å². The summed E-state index contributed by atoms with van der Waals surface area (Å²) in [6, 6.07) is 7.13. The van der Waals surface area contributed by atoms with Crippen LogP contribution in [0.1, 0.15) is 12.0 Å². The van der Waals surface area contributed by atoms with Gasteiger partial charge in [-0.1, -0.05) is 0 Å². The van der Waals surface area contributed by atoms with Crippen molar-refractivity contribution >= 4 is 23.2 Å². The third-order valence-electron chi connectivity index (χ3n) is 2.71. The second kappa shape index (κ2) is 4.26. The molecule has 0 atom stereocenters. The second-order valence-electron chi connectivity index (χ2n) is 3.85. The van der Waals surface area contributed by atoms with Gasteiger partial charge in [-0.2, -0.15) is 5.26 Å². The fraction of sp³-hybridized carbons (Fsp3) is 0.250. The summed E-state index contributed by atoms with van der Waals surface area (Å²) in [5.41, 5.74) is 2.37. The number of amides is 2. The highest BCUT2D eigenvalue weighted by Crippen LogP contribution is 2.27. The van der Waals surface area contributed by atoms with Crippen LogP contribution in [0.4, 0.5) is 11.4 Å². The first-order valence-electron chi connectivity index (χ1n) is 5.18. The predicted octanol–water partition coefficient (Wildman–Crippen LogP) is 1.06. The molecule has 2 rings (SSSR count). The maximum absolute atomic E-state index is 11.5. The Labute approximate surface area is 98.6 Å². The number of nitriles is 1. The maximum Gasteiger partial charge on any atom is 0.240 e. The molecule has 1 N–H and O–H groups in total. The normalized spacial score (nSPS) is 12.6. The minimum atomic E-state index is -0.260. The van der Waals surface area contributed by atoms with Crippen molar-refractivity contribution in [1.82, 2.24) is 0 Å². The highest BCUT2D eigenvalue weighted by atomic mass is 16.2. The topological polar surface area (TPSA) is 73.2 Å². The smallest absolute Gasteiger partial charge is 0.240 e. The van der Waals surface area contributed by atoms with Crippen LogP contribution in [0.3, 0.4) is 0 Å². The van der Waals surface area contributed by atoms with Crippen LogP contribution in [0, 0.1) is 11.3 Å². The van der Waals surface area contributed by atoms with E-state index in [0.29, 0.717) is 12.1 Å². The van der Waals surface area contributed by atoms with Crippen LogP contribution in [0.25, 0.3) is 0 Å². The molecule has 5 heteroatoms. The van der Waals surface area contributed by atoms with Gasteiger partial charge in [-0.15, -0.1) is 0 Å². The number of fused-ring (bicyclic) bond motifs is 1. The lowest BCUT2D eigenvalue weighted by Crippen LogP contribution is -2.25. The first kappa shape index (κ1) is 11.1. The van der Waals surface area contributed by atoms with Crippen molar-refractivity contribution in [3.63, 3.8) is 0 Å². The van der Waals surface area contributed by atoms with Crippen LogP contribution >= 0.6 is 0 Å². The molecule has 2 amide bonds. The zero-order valence-corrected chi connectivity index (χ0v) is 9.36. The van der Waals surface area contributed by atoms with Gasteiger partial charge in [0.1, 0.15) is 6.42 Å². The molecule has 1 aromatic rings. The quantitative estimate of drug-likeness (QED) is 0.824. The van der Waals surface area contributed by atoms with Crippen molar-refractivity contribution in [1.29, 1.82) is 5.26 Å². The van der Waals surface area contributed by atoms with Crippen molar-refractivity contribution in [2.45, 2.75) is 12.8 Å². The van der Waals surface area contributed by atoms with Crippen LogP contribution in [0.5, 0.6) is 0 Å². The van der Waals surface area contributed by atoms with Gasteiger partial charge in [-0.3, -0.25) is 9.59 Å². The van der Waals surface area contributed by atoms with E-state index in [2.05, 4.69) is 5.32 Å². The van der Waals surface area contributed by atoms with Gasteiger partial charge in [0.2, 0.25) is 11.8 Å². The molecule has 0 fully saturated rings. The van der Waals surface area contributed by atoms with Crippen LogP contribution in [0.2, 0.25) is 0 Å². The van der Waals surface area contributed by atoms with Crippen LogP contribution in [-0.2, 0) is 16.0 Å². The summed E-state index contributed by atoms with van der Waals surface area (Å²) in [6.45, 7) is 0. The average Bonchev–Trinajstić information content (AvgIpc) is 2.67. The highest BCUT2D eigenvalue weighted by Gasteiger charge is 2.19. The second-order valence-corrected chi connectivity index (χ2v) is 3.85. The molecule has 1 aromatic carbocycles. The van der Waals surface area contributed by atoms with Crippen LogP contribution in [-0.4, -0.2) is 18.9 Å². The number of nitrogens with one attached hydrogen (secondary N) is 1. The van der Waals surface area contributed by atoms with Gasteiger partial charge in [0.05, 0.1) is 12.5 Å². The Hall–Kier alpha value is -2.35. The number of hydrogen-bond donors (Lipinski definition) is 1. The van der Waals surface area contributed by atoms with Gasteiger partial charge in [-0.25, -0.2) is 0 Å². The van der Waals surface area contributed by atoms with E-state index in [1.165, 1.54) is 4.90 Å². The Kier molecular flexibility index (Phi) is 2.79. The number of carbonyl (C=O) groups excluding carboxylic acids is 2. The van der Waals surface area contributed by atoms with Crippen LogP contribution in [0.15, 0.2) is 18.2 Å². The minimum absolute atomic E-state index is 0.0387. The van der Waals surface area contributed by atoms with E-state index in [4.69, 9.17) is 5.26 Å². The van der Waals surface area contributed by atoms with E-state index in [1.807, 2.05) is 6.07 Å². The third kappa shape index (κ3) is 2.11. The minimum Gasteiger partial charge on any atom is -0.326 e. The third-order valence-corrected chi connectivity index (χ3v) is 2.71. The average molecular weight is 229 g/mol. The van der Waals surface area contributed by atoms with Gasteiger partial charge in [0.15, 0.2) is 0 Å². The number of rotatable bonds is 2. The highest BCUT2D eigenvalue weighted by molar-refractivity contribution is 6.00. The Balaban J connectivity index is 2.24. The Morgan fingerprint density at radius 3 is 3.06 bits per heavy atom. The molecular formula is C12H11N3O2. The van der Waals surface area contributed by atoms with Crippen LogP contribution < -0.4 is 10.2 Å². The van der Waals surface area contributed by atoms with Crippen molar-refractivity contribution in [2.24, 2.45) is 0 Å². The summed E-state index contributed by atoms with van der Waals surface area (Å²) >= 11 is 0. The molecule has 1 aliphatic rings. The van der Waals surface area contributed by atoms with Gasteiger partial charge in [-0.05, 0) is 23.8 Å². The van der Waals surface area contributed by atoms with E-state index >= 15 is 0 Å². The number of hydrogen-bond acceptors (Lipinski definition) is 3. The zero-order valence-electron chi connectivity index (χ0n) is 9.36. The molecule has 1 aliphatic heterocycles. The first-order valence-corrected chi connectivity index (χ1v) is 5.18. The van der Waals surface area contributed by atoms with E-state index in [0.717, 1.165) is 11.3 Å². The van der Waals surface area contributed by atoms with Gasteiger partial charge < -0.3 is 10.2 Å². The summed E-state index contributed by atoms with van der Waals surface area (Å²) in [6.07, 6.45) is 0.189. The summed E-state index contributed by atoms with van der Waals surface area (Å²) < 4.78 is 0. The van der Waals surface area contributed by atoms with Gasteiger partial charge in [0, 0.05) is 18.4 Å². The van der Waals surface area contributed by atoms with Crippen molar-refractivity contribution < 1.29 is 9.59 Å². The molecule has 0 aromatic heterocycles. The lowest BCUT2D eigenvalue weighted by atomic mass is 10.1. The Bertz CT molecular complexity index is 531. The van der Waals surface area contributed by atoms with Crippen molar-refractivity contribution in [2.75, 3.05) is 17.3 Å². The molecule has 5 nitrogen and oxygen atoms in total. The summed E-state index contributed by atoms with van der Waals surface area (Å²) in [5, 5.41) is 11.2. The molecule has 0 unspecified atom stereocenters. The summed E-state index contributed by atoms with van der Waals surface area (Å²) in [7, 11) is 1.62. The number of carbonyl (C=O) groups is 2. The fourth-order valence-corrected chi connectivity index (χ4v) is 1.75. The van der Waals surface area contributed by atoms with E-state index in [1.54, 1.807) is 25.2 Å². The number of benzene rings is 1. The Morgan fingerprint density at radius 2 is 2.35 bits per heavy atom. The molecule has 0 radical (unpaired) electrons.